The summed E-state index contributed by atoms with van der Waals surface area (Å²) in [6.45, 7) is 1.21. The minimum Gasteiger partial charge on any atom is -0.482 e. The largest absolute Gasteiger partial charge is 0.482 e. The molecule has 2 rings (SSSR count). The lowest BCUT2D eigenvalue weighted by molar-refractivity contribution is -0.123. The van der Waals surface area contributed by atoms with E-state index in [0.717, 1.165) is 6.42 Å². The molecular formula is C17H23Cl2NO3. The van der Waals surface area contributed by atoms with Crippen LogP contribution in [0.2, 0.25) is 10.0 Å². The van der Waals surface area contributed by atoms with Crippen molar-refractivity contribution in [3.05, 3.63) is 28.2 Å². The van der Waals surface area contributed by atoms with E-state index in [1.807, 2.05) is 0 Å². The first-order valence-corrected chi connectivity index (χ1v) is 8.87. The fraction of sp³-hybridized carbons (Fsp3) is 0.588. The molecule has 1 amide bonds. The van der Waals surface area contributed by atoms with Gasteiger partial charge in [-0.1, -0.05) is 42.5 Å². The molecule has 0 atom stereocenters. The minimum atomic E-state index is -0.173. The van der Waals surface area contributed by atoms with E-state index in [4.69, 9.17) is 32.7 Å². The normalized spacial score (nSPS) is 15.4. The molecule has 0 spiro atoms. The number of hydrogen-bond donors (Lipinski definition) is 1. The first-order chi connectivity index (χ1) is 11.1. The van der Waals surface area contributed by atoms with Crippen molar-refractivity contribution in [1.29, 1.82) is 0 Å². The monoisotopic (exact) mass is 359 g/mol. The van der Waals surface area contributed by atoms with Crippen molar-refractivity contribution in [3.8, 4) is 5.75 Å². The maximum Gasteiger partial charge on any atom is 0.257 e. The number of carbonyl (C=O) groups excluding carboxylic acids is 1. The van der Waals surface area contributed by atoms with Crippen LogP contribution >= 0.6 is 23.2 Å². The third-order valence-corrected chi connectivity index (χ3v) is 4.33. The molecule has 1 saturated carbocycles. The fourth-order valence-corrected chi connectivity index (χ4v) is 3.03. The van der Waals surface area contributed by atoms with Crippen molar-refractivity contribution in [3.63, 3.8) is 0 Å². The molecule has 0 heterocycles. The van der Waals surface area contributed by atoms with E-state index in [1.165, 1.54) is 32.1 Å². The molecule has 1 fully saturated rings. The summed E-state index contributed by atoms with van der Waals surface area (Å²) in [6, 6.07) is 4.90. The van der Waals surface area contributed by atoms with Gasteiger partial charge in [-0.05, 0) is 37.5 Å². The van der Waals surface area contributed by atoms with Gasteiger partial charge in [0.05, 0.1) is 11.1 Å². The van der Waals surface area contributed by atoms with Crippen LogP contribution < -0.4 is 10.1 Å². The standard InChI is InChI=1S/C17H23Cl2NO3/c18-13-7-8-16(15(19)11-13)23-12-17(21)20-9-4-10-22-14-5-2-1-3-6-14/h7-8,11,14H,1-6,9-10,12H2,(H,20,21). The first-order valence-electron chi connectivity index (χ1n) is 8.11. The van der Waals surface area contributed by atoms with Gasteiger partial charge in [0.1, 0.15) is 5.75 Å². The van der Waals surface area contributed by atoms with Gasteiger partial charge in [0.25, 0.3) is 5.91 Å². The average molecular weight is 360 g/mol. The SMILES string of the molecule is O=C(COc1ccc(Cl)cc1Cl)NCCCOC1CCCCC1. The van der Waals surface area contributed by atoms with Gasteiger partial charge in [-0.2, -0.15) is 0 Å². The van der Waals surface area contributed by atoms with E-state index in [9.17, 15) is 4.79 Å². The lowest BCUT2D eigenvalue weighted by atomic mass is 9.98. The molecule has 1 aromatic rings. The van der Waals surface area contributed by atoms with Gasteiger partial charge in [-0.25, -0.2) is 0 Å². The second kappa shape index (κ2) is 10.0. The van der Waals surface area contributed by atoms with E-state index < -0.39 is 0 Å². The zero-order valence-corrected chi connectivity index (χ0v) is 14.7. The summed E-state index contributed by atoms with van der Waals surface area (Å²) in [7, 11) is 0. The smallest absolute Gasteiger partial charge is 0.257 e. The van der Waals surface area contributed by atoms with Crippen LogP contribution in [0, 0.1) is 0 Å². The Morgan fingerprint density at radius 2 is 2.00 bits per heavy atom. The average Bonchev–Trinajstić information content (AvgIpc) is 2.54. The highest BCUT2D eigenvalue weighted by molar-refractivity contribution is 6.35. The minimum absolute atomic E-state index is 0.0646. The number of carbonyl (C=O) groups is 1. The molecular weight excluding hydrogens is 337 g/mol. The number of amides is 1. The topological polar surface area (TPSA) is 47.6 Å². The Hall–Kier alpha value is -0.970. The Kier molecular flexibility index (Phi) is 8.00. The van der Waals surface area contributed by atoms with Gasteiger partial charge in [0, 0.05) is 18.2 Å². The molecule has 1 N–H and O–H groups in total. The molecule has 1 aromatic carbocycles. The summed E-state index contributed by atoms with van der Waals surface area (Å²) in [5.41, 5.74) is 0. The van der Waals surface area contributed by atoms with Gasteiger partial charge in [-0.3, -0.25) is 4.79 Å². The number of ether oxygens (including phenoxy) is 2. The Balaban J connectivity index is 1.54. The van der Waals surface area contributed by atoms with E-state index in [-0.39, 0.29) is 12.5 Å². The lowest BCUT2D eigenvalue weighted by Crippen LogP contribution is -2.30. The number of hydrogen-bond acceptors (Lipinski definition) is 3. The van der Waals surface area contributed by atoms with E-state index >= 15 is 0 Å². The summed E-state index contributed by atoms with van der Waals surface area (Å²) in [5, 5.41) is 3.74. The van der Waals surface area contributed by atoms with Crippen LogP contribution in [0.25, 0.3) is 0 Å². The molecule has 0 aromatic heterocycles. The van der Waals surface area contributed by atoms with Gasteiger partial charge < -0.3 is 14.8 Å². The van der Waals surface area contributed by atoms with Crippen LogP contribution in [0.1, 0.15) is 38.5 Å². The molecule has 23 heavy (non-hydrogen) atoms. The van der Waals surface area contributed by atoms with Gasteiger partial charge in [0.2, 0.25) is 0 Å². The highest BCUT2D eigenvalue weighted by Crippen LogP contribution is 2.27. The van der Waals surface area contributed by atoms with Crippen LogP contribution in [-0.4, -0.2) is 31.8 Å². The van der Waals surface area contributed by atoms with Crippen molar-refractivity contribution < 1.29 is 14.3 Å². The predicted molar refractivity (Wildman–Crippen MR) is 92.4 cm³/mol. The van der Waals surface area contributed by atoms with E-state index in [1.54, 1.807) is 18.2 Å². The van der Waals surface area contributed by atoms with Crippen molar-refractivity contribution in [2.45, 2.75) is 44.6 Å². The molecule has 6 heteroatoms. The molecule has 0 radical (unpaired) electrons. The second-order valence-corrected chi connectivity index (χ2v) is 6.54. The van der Waals surface area contributed by atoms with Crippen molar-refractivity contribution >= 4 is 29.1 Å². The van der Waals surface area contributed by atoms with Crippen LogP contribution in [0.15, 0.2) is 18.2 Å². The highest BCUT2D eigenvalue weighted by atomic mass is 35.5. The molecule has 0 saturated heterocycles. The van der Waals surface area contributed by atoms with Crippen LogP contribution in [-0.2, 0) is 9.53 Å². The highest BCUT2D eigenvalue weighted by Gasteiger charge is 2.13. The third-order valence-electron chi connectivity index (χ3n) is 3.80. The van der Waals surface area contributed by atoms with E-state index in [0.29, 0.717) is 35.1 Å². The molecule has 128 valence electrons. The zero-order chi connectivity index (χ0) is 16.5. The van der Waals surface area contributed by atoms with Crippen LogP contribution in [0.4, 0.5) is 0 Å². The maximum atomic E-state index is 11.7. The summed E-state index contributed by atoms with van der Waals surface area (Å²) in [6.07, 6.45) is 7.43. The van der Waals surface area contributed by atoms with Crippen LogP contribution in [0.5, 0.6) is 5.75 Å². The summed E-state index contributed by atoms with van der Waals surface area (Å²) in [4.78, 5) is 11.7. The number of nitrogens with one attached hydrogen (secondary N) is 1. The Labute approximate surface area is 147 Å². The molecule has 4 nitrogen and oxygen atoms in total. The van der Waals surface area contributed by atoms with Crippen molar-refractivity contribution in [2.75, 3.05) is 19.8 Å². The number of benzene rings is 1. The number of halogens is 2. The molecule has 1 aliphatic carbocycles. The molecule has 0 unspecified atom stereocenters. The van der Waals surface area contributed by atoms with Gasteiger partial charge >= 0.3 is 0 Å². The predicted octanol–water partition coefficient (Wildman–Crippen LogP) is 4.23. The van der Waals surface area contributed by atoms with Gasteiger partial charge in [0.15, 0.2) is 6.61 Å². The summed E-state index contributed by atoms with van der Waals surface area (Å²) in [5.74, 6) is 0.278. The zero-order valence-electron chi connectivity index (χ0n) is 13.2. The molecule has 0 bridgehead atoms. The third kappa shape index (κ3) is 6.98. The van der Waals surface area contributed by atoms with Gasteiger partial charge in [-0.15, -0.1) is 0 Å². The Morgan fingerprint density at radius 1 is 1.22 bits per heavy atom. The van der Waals surface area contributed by atoms with Crippen molar-refractivity contribution in [1.82, 2.24) is 5.32 Å². The second-order valence-electron chi connectivity index (χ2n) is 5.70. The van der Waals surface area contributed by atoms with Crippen LogP contribution in [0.3, 0.4) is 0 Å². The first kappa shape index (κ1) is 18.4. The van der Waals surface area contributed by atoms with Crippen molar-refractivity contribution in [2.24, 2.45) is 0 Å². The molecule has 0 aliphatic heterocycles. The quantitative estimate of drug-likeness (QED) is 0.706. The Morgan fingerprint density at radius 3 is 2.74 bits per heavy atom. The summed E-state index contributed by atoms with van der Waals surface area (Å²) < 4.78 is 11.2. The fourth-order valence-electron chi connectivity index (χ4n) is 2.57. The Bertz CT molecular complexity index is 505. The maximum absolute atomic E-state index is 11.7. The van der Waals surface area contributed by atoms with E-state index in [2.05, 4.69) is 5.32 Å². The number of rotatable bonds is 8. The summed E-state index contributed by atoms with van der Waals surface area (Å²) >= 11 is 11.8. The molecule has 1 aliphatic rings. The lowest BCUT2D eigenvalue weighted by Gasteiger charge is -2.21.